The summed E-state index contributed by atoms with van der Waals surface area (Å²) in [6.45, 7) is 0.961. The van der Waals surface area contributed by atoms with Crippen LogP contribution in [0.15, 0.2) is 48.5 Å². The Balaban J connectivity index is 0.000000560. The van der Waals surface area contributed by atoms with Crippen molar-refractivity contribution in [2.24, 2.45) is 0 Å². The van der Waals surface area contributed by atoms with Crippen molar-refractivity contribution in [1.29, 1.82) is 0 Å². The van der Waals surface area contributed by atoms with Crippen LogP contribution in [-0.2, 0) is 47.5 Å². The number of nitrogens with zero attached hydrogens (tertiary/aromatic N) is 4. The van der Waals surface area contributed by atoms with E-state index >= 15 is 0 Å². The number of aromatic nitrogens is 4. The van der Waals surface area contributed by atoms with Gasteiger partial charge in [0.05, 0.1) is 76.0 Å². The highest BCUT2D eigenvalue weighted by Crippen LogP contribution is 2.40. The Bertz CT molecular complexity index is 2290. The third-order valence-electron chi connectivity index (χ3n) is 7.30. The number of halogens is 4. The third-order valence-corrected chi connectivity index (χ3v) is 10.2. The van der Waals surface area contributed by atoms with Gasteiger partial charge in [0.15, 0.2) is 5.82 Å². The van der Waals surface area contributed by atoms with Gasteiger partial charge in [-0.2, -0.15) is 37.5 Å². The lowest BCUT2D eigenvalue weighted by Crippen LogP contribution is -2.23. The number of para-hydroxylation sites is 2. The Labute approximate surface area is 363 Å². The maximum Gasteiger partial charge on any atom is 0.355 e. The van der Waals surface area contributed by atoms with Gasteiger partial charge in [-0.15, -0.1) is 11.8 Å². The first kappa shape index (κ1) is 55.4. The molecule has 0 saturated heterocycles. The monoisotopic (exact) mass is 960 g/mol. The molecular weight excluding hydrogens is 917 g/mol. The highest BCUT2D eigenvalue weighted by molar-refractivity contribution is 7.99. The topological polar surface area (TPSA) is 294 Å². The van der Waals surface area contributed by atoms with Crippen molar-refractivity contribution in [3.8, 4) is 23.5 Å². The molecule has 4 aromatic rings. The van der Waals surface area contributed by atoms with Crippen molar-refractivity contribution in [2.75, 3.05) is 58.4 Å². The molecule has 2 heterocycles. The second kappa shape index (κ2) is 26.7. The molecule has 1 atom stereocenters. The molecule has 0 aliphatic rings. The lowest BCUT2D eigenvalue weighted by atomic mass is 10.0. The zero-order valence-corrected chi connectivity index (χ0v) is 37.0. The van der Waals surface area contributed by atoms with Crippen molar-refractivity contribution in [3.05, 3.63) is 82.4 Å². The Morgan fingerprint density at radius 3 is 1.44 bits per heavy atom. The van der Waals surface area contributed by atoms with E-state index in [1.165, 1.54) is 84.8 Å². The molecule has 4 rings (SSSR count). The number of hydrogen-bond donors (Lipinski definition) is 5. The molecule has 0 spiro atoms. The van der Waals surface area contributed by atoms with Gasteiger partial charge in [-0.25, -0.2) is 16.8 Å². The van der Waals surface area contributed by atoms with E-state index in [0.29, 0.717) is 11.1 Å². The molecule has 1 unspecified atom stereocenters. The van der Waals surface area contributed by atoms with Gasteiger partial charge in [0, 0.05) is 32.3 Å². The number of methoxy groups -OCH3 is 6. The number of carbonyl (C=O) groups excluding carboxylic acids is 1. The van der Waals surface area contributed by atoms with Crippen molar-refractivity contribution in [1.82, 2.24) is 19.9 Å². The molecule has 2 aromatic carbocycles. The first-order valence-electron chi connectivity index (χ1n) is 17.0. The van der Waals surface area contributed by atoms with E-state index in [1.807, 2.05) is 4.72 Å². The molecule has 63 heavy (non-hydrogen) atoms. The predicted octanol–water partition coefficient (Wildman–Crippen LogP) is 5.00. The number of nitrogens with one attached hydrogen (secondary N) is 2. The minimum absolute atomic E-state index is 0.000568. The van der Waals surface area contributed by atoms with Crippen LogP contribution in [0.1, 0.15) is 50.9 Å². The van der Waals surface area contributed by atoms with Crippen LogP contribution in [0.25, 0.3) is 0 Å². The minimum atomic E-state index is -5.04. The number of hydrogen-bond acceptors (Lipinski definition) is 19. The second-order valence-electron chi connectivity index (χ2n) is 11.5. The van der Waals surface area contributed by atoms with E-state index < -0.39 is 48.6 Å². The first-order chi connectivity index (χ1) is 29.7. The van der Waals surface area contributed by atoms with Crippen LogP contribution < -0.4 is 28.4 Å². The van der Waals surface area contributed by atoms with E-state index in [-0.39, 0.29) is 70.9 Å². The molecule has 21 nitrogen and oxygen atoms in total. The van der Waals surface area contributed by atoms with Crippen LogP contribution in [0.2, 0.25) is 0 Å². The smallest absolute Gasteiger partial charge is 0.355 e. The van der Waals surface area contributed by atoms with Gasteiger partial charge in [0.1, 0.15) is 0 Å². The Morgan fingerprint density at radius 1 is 0.683 bits per heavy atom. The van der Waals surface area contributed by atoms with E-state index in [2.05, 4.69) is 19.9 Å². The molecule has 0 fully saturated rings. The van der Waals surface area contributed by atoms with Gasteiger partial charge in [-0.3, -0.25) is 29.5 Å². The van der Waals surface area contributed by atoms with Crippen molar-refractivity contribution >= 4 is 54.9 Å². The number of rotatable bonds is 19. The molecule has 5 N–H and O–H groups in total. The minimum Gasteiger partial charge on any atom is -0.481 e. The van der Waals surface area contributed by atoms with E-state index in [0.717, 1.165) is 6.92 Å². The number of ketones is 1. The third kappa shape index (κ3) is 16.5. The number of sulfonamides is 2. The number of carboxylic acid groups (broad SMARTS) is 1. The Hall–Kier alpha value is -5.65. The van der Waals surface area contributed by atoms with Crippen molar-refractivity contribution in [3.63, 3.8) is 0 Å². The summed E-state index contributed by atoms with van der Waals surface area (Å²) in [4.78, 5) is 38.3. The first-order valence-corrected chi connectivity index (χ1v) is 21.3. The van der Waals surface area contributed by atoms with Crippen LogP contribution in [0.5, 0.6) is 23.5 Å². The highest BCUT2D eigenvalue weighted by atomic mass is 32.2. The lowest BCUT2D eigenvalue weighted by Gasteiger charge is -2.21. The number of alkyl halides is 4. The number of aliphatic carboxylic acids is 1. The highest BCUT2D eigenvalue weighted by Gasteiger charge is 2.31. The summed E-state index contributed by atoms with van der Waals surface area (Å²) in [6, 6.07) is 11.8. The van der Waals surface area contributed by atoms with Gasteiger partial charge >= 0.3 is 11.5 Å². The second-order valence-corrected chi connectivity index (χ2v) is 15.7. The molecule has 0 aliphatic carbocycles. The van der Waals surface area contributed by atoms with Crippen LogP contribution in [0, 0.1) is 0 Å². The predicted molar refractivity (Wildman–Crippen MR) is 219 cm³/mol. The molecule has 350 valence electrons. The standard InChI is InChI=1S/C17H21F2N3O5S2.C16H17F2N3O6S.C2H4O2.H2O2/c1-25-9-10-6-5-7-11(14(10)22-29(23,24)17(18)19)15(28-4)16-20-12(26-2)8-13(21-16)27-3;1-25-8-9-5-4-6-10(13(9)21-28(23,24)16(17)18)14(22)15-19-11(26-2)7-12(20-15)27-3;1-2(3)4;1-2/h5-8,15,17,22H,9H2,1-4H3;4-7,16,21H,8H2,1-3H3;1H3,(H,3,4);1-2H. The van der Waals surface area contributed by atoms with Crippen molar-refractivity contribution in [2.45, 2.75) is 36.9 Å². The molecule has 0 bridgehead atoms. The zero-order chi connectivity index (χ0) is 48.1. The summed E-state index contributed by atoms with van der Waals surface area (Å²) in [7, 11) is -1.70. The molecule has 0 radical (unpaired) electrons. The molecule has 0 saturated carbocycles. The molecule has 0 amide bonds. The fourth-order valence-corrected chi connectivity index (χ4v) is 6.76. The number of anilines is 2. The maximum absolute atomic E-state index is 13.0. The van der Waals surface area contributed by atoms with Crippen LogP contribution in [-0.4, -0.2) is 125 Å². The number of thioether (sulfide) groups is 1. The number of carboxylic acids is 1. The average molecular weight is 961 g/mol. The normalized spacial score (nSPS) is 11.4. The fourth-order valence-electron chi connectivity index (χ4n) is 4.75. The van der Waals surface area contributed by atoms with Gasteiger partial charge < -0.3 is 33.5 Å². The average Bonchev–Trinajstić information content (AvgIpc) is 3.25. The summed E-state index contributed by atoms with van der Waals surface area (Å²) in [5, 5.41) is 18.8. The summed E-state index contributed by atoms with van der Waals surface area (Å²) in [5.74, 6) is -8.52. The summed E-state index contributed by atoms with van der Waals surface area (Å²) in [6.07, 6.45) is 1.76. The van der Waals surface area contributed by atoms with Gasteiger partial charge in [0.25, 0.3) is 26.0 Å². The fraction of sp³-hybridized carbons (Fsp3) is 0.371. The van der Waals surface area contributed by atoms with Crippen molar-refractivity contribution < 1.29 is 88.0 Å². The van der Waals surface area contributed by atoms with Crippen LogP contribution in [0.4, 0.5) is 28.9 Å². The maximum atomic E-state index is 13.0. The van der Waals surface area contributed by atoms with Gasteiger partial charge in [-0.05, 0) is 17.9 Å². The quantitative estimate of drug-likeness (QED) is 0.0357. The Morgan fingerprint density at radius 2 is 1.06 bits per heavy atom. The molecular formula is C35H44F4N6O15S3. The van der Waals surface area contributed by atoms with Crippen LogP contribution in [0.3, 0.4) is 0 Å². The van der Waals surface area contributed by atoms with Gasteiger partial charge in [-0.1, -0.05) is 30.3 Å². The zero-order valence-electron chi connectivity index (χ0n) is 34.5. The largest absolute Gasteiger partial charge is 0.481 e. The van der Waals surface area contributed by atoms with Crippen LogP contribution >= 0.6 is 11.8 Å². The Kier molecular flexibility index (Phi) is 23.5. The molecule has 2 aromatic heterocycles. The van der Waals surface area contributed by atoms with Gasteiger partial charge in [0.2, 0.25) is 35.1 Å². The molecule has 28 heteroatoms. The number of benzene rings is 2. The number of ether oxygens (including phenoxy) is 6. The summed E-state index contributed by atoms with van der Waals surface area (Å²) < 4.78 is 133. The van der Waals surface area contributed by atoms with E-state index in [1.54, 1.807) is 29.2 Å². The van der Waals surface area contributed by atoms with E-state index in [4.69, 9.17) is 48.8 Å². The number of carbonyl (C=O) groups is 2. The SMILES string of the molecule is CC(=O)O.COCc1cccc(C(=O)c2nc(OC)cc(OC)n2)c1NS(=O)(=O)C(F)F.COCc1cccc(C(SC)c2nc(OC)cc(OC)n2)c1NS(=O)(=O)C(F)F.OO. The summed E-state index contributed by atoms with van der Waals surface area (Å²) >= 11 is 1.29. The summed E-state index contributed by atoms with van der Waals surface area (Å²) in [5.41, 5.74) is 0.371. The molecule has 0 aliphatic heterocycles. The van der Waals surface area contributed by atoms with E-state index in [9.17, 15) is 39.2 Å². The lowest BCUT2D eigenvalue weighted by molar-refractivity contribution is -0.176.